The number of aromatic nitrogens is 2. The van der Waals surface area contributed by atoms with Gasteiger partial charge in [-0.25, -0.2) is 4.68 Å². The summed E-state index contributed by atoms with van der Waals surface area (Å²) in [6.07, 6.45) is 2.43. The van der Waals surface area contributed by atoms with Gasteiger partial charge in [0.15, 0.2) is 0 Å². The van der Waals surface area contributed by atoms with E-state index in [1.807, 2.05) is 14.0 Å². The zero-order chi connectivity index (χ0) is 14.8. The largest absolute Gasteiger partial charge is 0.481 e. The summed E-state index contributed by atoms with van der Waals surface area (Å²) in [6, 6.07) is 11.4. The molecule has 0 atom stereocenters. The van der Waals surface area contributed by atoms with Gasteiger partial charge in [-0.3, -0.25) is 0 Å². The SMILES string of the molecule is COc1c(CNC2CC(c3ccccc3)C2)c(C)nn1C. The van der Waals surface area contributed by atoms with E-state index in [1.54, 1.807) is 11.8 Å². The maximum atomic E-state index is 5.43. The van der Waals surface area contributed by atoms with Crippen molar-refractivity contribution in [3.8, 4) is 5.88 Å². The van der Waals surface area contributed by atoms with E-state index in [9.17, 15) is 0 Å². The van der Waals surface area contributed by atoms with Crippen LogP contribution in [0.4, 0.5) is 0 Å². The summed E-state index contributed by atoms with van der Waals surface area (Å²) in [7, 11) is 3.62. The number of aryl methyl sites for hydroxylation is 2. The van der Waals surface area contributed by atoms with Crippen LogP contribution in [-0.4, -0.2) is 22.9 Å². The van der Waals surface area contributed by atoms with Crippen LogP contribution in [0.1, 0.15) is 35.6 Å². The lowest BCUT2D eigenvalue weighted by atomic mass is 9.76. The van der Waals surface area contributed by atoms with E-state index in [0.29, 0.717) is 12.0 Å². The van der Waals surface area contributed by atoms with Crippen LogP contribution >= 0.6 is 0 Å². The number of hydrogen-bond donors (Lipinski definition) is 1. The summed E-state index contributed by atoms with van der Waals surface area (Å²) in [5.74, 6) is 1.57. The van der Waals surface area contributed by atoms with E-state index in [2.05, 4.69) is 40.7 Å². The zero-order valence-electron chi connectivity index (χ0n) is 13.0. The van der Waals surface area contributed by atoms with Gasteiger partial charge in [-0.15, -0.1) is 0 Å². The average molecular weight is 285 g/mol. The van der Waals surface area contributed by atoms with E-state index >= 15 is 0 Å². The second-order valence-corrected chi connectivity index (χ2v) is 5.85. The van der Waals surface area contributed by atoms with Gasteiger partial charge in [0, 0.05) is 19.6 Å². The zero-order valence-corrected chi connectivity index (χ0v) is 13.0. The molecule has 0 amide bonds. The Hall–Kier alpha value is -1.81. The van der Waals surface area contributed by atoms with Gasteiger partial charge < -0.3 is 10.1 Å². The Morgan fingerprint density at radius 2 is 2.00 bits per heavy atom. The fraction of sp³-hybridized carbons (Fsp3) is 0.471. The van der Waals surface area contributed by atoms with Crippen LogP contribution in [0.2, 0.25) is 0 Å². The van der Waals surface area contributed by atoms with Crippen molar-refractivity contribution in [3.63, 3.8) is 0 Å². The van der Waals surface area contributed by atoms with E-state index in [4.69, 9.17) is 4.74 Å². The summed E-state index contributed by atoms with van der Waals surface area (Å²) < 4.78 is 7.24. The lowest BCUT2D eigenvalue weighted by molar-refractivity contribution is 0.287. The maximum Gasteiger partial charge on any atom is 0.216 e. The molecule has 0 saturated heterocycles. The first-order valence-electron chi connectivity index (χ1n) is 7.53. The molecule has 0 spiro atoms. The summed E-state index contributed by atoms with van der Waals surface area (Å²) in [6.45, 7) is 2.86. The minimum Gasteiger partial charge on any atom is -0.481 e. The highest BCUT2D eigenvalue weighted by Gasteiger charge is 2.30. The minimum absolute atomic E-state index is 0.597. The predicted molar refractivity (Wildman–Crippen MR) is 83.5 cm³/mol. The van der Waals surface area contributed by atoms with E-state index in [0.717, 1.165) is 18.1 Å². The number of ether oxygens (including phenoxy) is 1. The molecule has 1 aromatic heterocycles. The molecule has 3 rings (SSSR count). The quantitative estimate of drug-likeness (QED) is 0.918. The van der Waals surface area contributed by atoms with Gasteiger partial charge in [0.25, 0.3) is 0 Å². The van der Waals surface area contributed by atoms with Gasteiger partial charge in [0.05, 0.1) is 18.4 Å². The molecule has 4 heteroatoms. The normalized spacial score (nSPS) is 21.1. The van der Waals surface area contributed by atoms with Gasteiger partial charge >= 0.3 is 0 Å². The number of nitrogens with zero attached hydrogens (tertiary/aromatic N) is 2. The van der Waals surface area contributed by atoms with Crippen LogP contribution < -0.4 is 10.1 Å². The lowest BCUT2D eigenvalue weighted by Crippen LogP contribution is -2.39. The molecule has 1 saturated carbocycles. The number of benzene rings is 1. The third-order valence-corrected chi connectivity index (χ3v) is 4.46. The Kier molecular flexibility index (Phi) is 3.97. The highest BCUT2D eigenvalue weighted by molar-refractivity contribution is 5.31. The molecular formula is C17H23N3O. The highest BCUT2D eigenvalue weighted by Crippen LogP contribution is 2.37. The second kappa shape index (κ2) is 5.90. The average Bonchev–Trinajstić information content (AvgIpc) is 2.72. The summed E-state index contributed by atoms with van der Waals surface area (Å²) >= 11 is 0. The van der Waals surface area contributed by atoms with E-state index < -0.39 is 0 Å². The van der Waals surface area contributed by atoms with Gasteiger partial charge in [-0.1, -0.05) is 30.3 Å². The molecule has 1 heterocycles. The molecule has 112 valence electrons. The molecule has 1 aromatic carbocycles. The smallest absolute Gasteiger partial charge is 0.216 e. The van der Waals surface area contributed by atoms with Gasteiger partial charge in [0.1, 0.15) is 0 Å². The van der Waals surface area contributed by atoms with Crippen LogP contribution in [-0.2, 0) is 13.6 Å². The van der Waals surface area contributed by atoms with Crippen molar-refractivity contribution in [3.05, 3.63) is 47.2 Å². The molecule has 4 nitrogen and oxygen atoms in total. The Labute approximate surface area is 126 Å². The maximum absolute atomic E-state index is 5.43. The van der Waals surface area contributed by atoms with E-state index in [1.165, 1.54) is 24.0 Å². The van der Waals surface area contributed by atoms with Crippen molar-refractivity contribution in [2.45, 2.75) is 38.3 Å². The van der Waals surface area contributed by atoms with Crippen molar-refractivity contribution in [2.75, 3.05) is 7.11 Å². The lowest BCUT2D eigenvalue weighted by Gasteiger charge is -2.36. The van der Waals surface area contributed by atoms with Crippen LogP contribution in [0, 0.1) is 6.92 Å². The monoisotopic (exact) mass is 285 g/mol. The molecule has 1 fully saturated rings. The van der Waals surface area contributed by atoms with Crippen LogP contribution in [0.3, 0.4) is 0 Å². The highest BCUT2D eigenvalue weighted by atomic mass is 16.5. The standard InChI is InChI=1S/C17H23N3O/c1-12-16(17(21-3)20(2)19-12)11-18-15-9-14(10-15)13-7-5-4-6-8-13/h4-8,14-15,18H,9-11H2,1-3H3. The molecule has 1 aliphatic rings. The molecule has 0 bridgehead atoms. The minimum atomic E-state index is 0.597. The first kappa shape index (κ1) is 14.1. The molecule has 1 N–H and O–H groups in total. The summed E-state index contributed by atoms with van der Waals surface area (Å²) in [4.78, 5) is 0. The summed E-state index contributed by atoms with van der Waals surface area (Å²) in [5, 5.41) is 8.05. The molecule has 1 aliphatic carbocycles. The fourth-order valence-electron chi connectivity index (χ4n) is 3.17. The van der Waals surface area contributed by atoms with Gasteiger partial charge in [0.2, 0.25) is 5.88 Å². The third-order valence-electron chi connectivity index (χ3n) is 4.46. The molecular weight excluding hydrogens is 262 g/mol. The van der Waals surface area contributed by atoms with Crippen molar-refractivity contribution in [1.82, 2.24) is 15.1 Å². The molecule has 21 heavy (non-hydrogen) atoms. The molecule has 2 aromatic rings. The van der Waals surface area contributed by atoms with Gasteiger partial charge in [-0.05, 0) is 31.2 Å². The number of rotatable bonds is 5. The Bertz CT molecular complexity index is 600. The second-order valence-electron chi connectivity index (χ2n) is 5.85. The number of nitrogens with one attached hydrogen (secondary N) is 1. The topological polar surface area (TPSA) is 39.1 Å². The Morgan fingerprint density at radius 3 is 2.67 bits per heavy atom. The molecule has 0 unspecified atom stereocenters. The number of hydrogen-bond acceptors (Lipinski definition) is 3. The van der Waals surface area contributed by atoms with Crippen LogP contribution in [0.5, 0.6) is 5.88 Å². The van der Waals surface area contributed by atoms with Gasteiger partial charge in [-0.2, -0.15) is 5.10 Å². The number of methoxy groups -OCH3 is 1. The Balaban J connectivity index is 1.54. The van der Waals surface area contributed by atoms with E-state index in [-0.39, 0.29) is 0 Å². The van der Waals surface area contributed by atoms with Crippen molar-refractivity contribution >= 4 is 0 Å². The first-order chi connectivity index (χ1) is 10.2. The predicted octanol–water partition coefficient (Wildman–Crippen LogP) is 2.77. The van der Waals surface area contributed by atoms with Crippen LogP contribution in [0.25, 0.3) is 0 Å². The molecule has 0 radical (unpaired) electrons. The summed E-state index contributed by atoms with van der Waals surface area (Å²) in [5.41, 5.74) is 3.68. The van der Waals surface area contributed by atoms with Crippen molar-refractivity contribution < 1.29 is 4.74 Å². The molecule has 0 aliphatic heterocycles. The first-order valence-corrected chi connectivity index (χ1v) is 7.53. The van der Waals surface area contributed by atoms with Crippen molar-refractivity contribution in [1.29, 1.82) is 0 Å². The fourth-order valence-corrected chi connectivity index (χ4v) is 3.17. The van der Waals surface area contributed by atoms with Crippen molar-refractivity contribution in [2.24, 2.45) is 7.05 Å². The van der Waals surface area contributed by atoms with Crippen LogP contribution in [0.15, 0.2) is 30.3 Å². The Morgan fingerprint density at radius 1 is 1.29 bits per heavy atom. The third kappa shape index (κ3) is 2.81.